The largest absolute Gasteiger partial charge is 0.493 e. The molecule has 1 heterocycles. The second kappa shape index (κ2) is 8.80. The number of para-hydroxylation sites is 1. The van der Waals surface area contributed by atoms with E-state index in [1.807, 2.05) is 36.1 Å². The molecule has 0 bridgehead atoms. The van der Waals surface area contributed by atoms with Gasteiger partial charge in [0.15, 0.2) is 11.5 Å². The topological polar surface area (TPSA) is 48.0 Å². The van der Waals surface area contributed by atoms with Crippen LogP contribution in [-0.4, -0.2) is 44.7 Å². The highest BCUT2D eigenvalue weighted by molar-refractivity contribution is 5.95. The lowest BCUT2D eigenvalue weighted by atomic mass is 9.98. The fraction of sp³-hybridized carbons (Fsp3) is 0.409. The lowest BCUT2D eigenvalue weighted by molar-refractivity contribution is 0.0632. The Hall–Kier alpha value is -2.69. The summed E-state index contributed by atoms with van der Waals surface area (Å²) >= 11 is 0. The van der Waals surface area contributed by atoms with E-state index in [0.29, 0.717) is 36.1 Å². The van der Waals surface area contributed by atoms with Crippen LogP contribution in [0.25, 0.3) is 0 Å². The van der Waals surface area contributed by atoms with Crippen LogP contribution in [0.4, 0.5) is 0 Å². The quantitative estimate of drug-likeness (QED) is 0.774. The number of benzene rings is 2. The Kier molecular flexibility index (Phi) is 6.22. The minimum absolute atomic E-state index is 0.0246. The van der Waals surface area contributed by atoms with Crippen molar-refractivity contribution >= 4 is 5.91 Å². The summed E-state index contributed by atoms with van der Waals surface area (Å²) in [5.41, 5.74) is 1.75. The lowest BCUT2D eigenvalue weighted by Crippen LogP contribution is -2.41. The van der Waals surface area contributed by atoms with E-state index in [9.17, 15) is 4.79 Å². The van der Waals surface area contributed by atoms with Gasteiger partial charge in [0.05, 0.1) is 20.8 Å². The number of nitrogens with zero attached hydrogens (tertiary/aromatic N) is 1. The highest BCUT2D eigenvalue weighted by Crippen LogP contribution is 2.29. The summed E-state index contributed by atoms with van der Waals surface area (Å²) in [5, 5.41) is 0. The van der Waals surface area contributed by atoms with Crippen LogP contribution in [0.1, 0.15) is 28.8 Å². The molecule has 2 aromatic carbocycles. The van der Waals surface area contributed by atoms with Gasteiger partial charge in [0.1, 0.15) is 5.75 Å². The molecule has 27 heavy (non-hydrogen) atoms. The van der Waals surface area contributed by atoms with Crippen molar-refractivity contribution in [2.75, 3.05) is 33.9 Å². The number of rotatable bonds is 6. The smallest absolute Gasteiger partial charge is 0.254 e. The summed E-state index contributed by atoms with van der Waals surface area (Å²) in [7, 11) is 3.16. The number of carbonyl (C=O) groups excluding carboxylic acids is 1. The Bertz CT molecular complexity index is 790. The number of piperidine rings is 1. The molecule has 0 N–H and O–H groups in total. The number of amides is 1. The van der Waals surface area contributed by atoms with Gasteiger partial charge in [-0.3, -0.25) is 4.79 Å². The molecule has 2 aromatic rings. The highest BCUT2D eigenvalue weighted by Gasteiger charge is 2.25. The van der Waals surface area contributed by atoms with Gasteiger partial charge in [0.2, 0.25) is 0 Å². The molecule has 5 heteroatoms. The number of likely N-dealkylation sites (tertiary alicyclic amines) is 1. The number of hydrogen-bond acceptors (Lipinski definition) is 4. The Morgan fingerprint density at radius 3 is 2.59 bits per heavy atom. The minimum atomic E-state index is 0.0246. The SMILES string of the molecule is COc1ccc(C(=O)N2CCCC(COc3ccccc3C)C2)cc1OC. The molecule has 0 saturated carbocycles. The maximum Gasteiger partial charge on any atom is 0.254 e. The fourth-order valence-corrected chi connectivity index (χ4v) is 3.46. The Morgan fingerprint density at radius 1 is 1.07 bits per heavy atom. The van der Waals surface area contributed by atoms with Crippen LogP contribution in [-0.2, 0) is 0 Å². The normalized spacial score (nSPS) is 16.7. The van der Waals surface area contributed by atoms with Crippen LogP contribution >= 0.6 is 0 Å². The molecule has 1 aliphatic rings. The molecule has 0 radical (unpaired) electrons. The molecule has 1 unspecified atom stereocenters. The highest BCUT2D eigenvalue weighted by atomic mass is 16.5. The number of carbonyl (C=O) groups is 1. The molecule has 144 valence electrons. The monoisotopic (exact) mass is 369 g/mol. The molecular weight excluding hydrogens is 342 g/mol. The predicted molar refractivity (Wildman–Crippen MR) is 105 cm³/mol. The van der Waals surface area contributed by atoms with Crippen LogP contribution < -0.4 is 14.2 Å². The lowest BCUT2D eigenvalue weighted by Gasteiger charge is -2.33. The Labute approximate surface area is 160 Å². The van der Waals surface area contributed by atoms with E-state index in [1.54, 1.807) is 32.4 Å². The summed E-state index contributed by atoms with van der Waals surface area (Å²) in [6.07, 6.45) is 2.06. The maximum absolute atomic E-state index is 12.9. The molecule has 1 atom stereocenters. The fourth-order valence-electron chi connectivity index (χ4n) is 3.46. The standard InChI is InChI=1S/C22H27NO4/c1-16-7-4-5-9-19(16)27-15-17-8-6-12-23(14-17)22(24)18-10-11-20(25-2)21(13-18)26-3/h4-5,7,9-11,13,17H,6,8,12,14-15H2,1-3H3. The first-order valence-corrected chi connectivity index (χ1v) is 9.32. The van der Waals surface area contributed by atoms with Crippen LogP contribution in [0, 0.1) is 12.8 Å². The molecule has 3 rings (SSSR count). The summed E-state index contributed by atoms with van der Waals surface area (Å²) in [5.74, 6) is 2.47. The third kappa shape index (κ3) is 4.54. The Morgan fingerprint density at radius 2 is 1.85 bits per heavy atom. The third-order valence-corrected chi connectivity index (χ3v) is 5.00. The van der Waals surface area contributed by atoms with Crippen molar-refractivity contribution in [2.24, 2.45) is 5.92 Å². The number of ether oxygens (including phenoxy) is 3. The molecular formula is C22H27NO4. The van der Waals surface area contributed by atoms with Crippen LogP contribution in [0.15, 0.2) is 42.5 Å². The van der Waals surface area contributed by atoms with E-state index in [-0.39, 0.29) is 5.91 Å². The van der Waals surface area contributed by atoms with E-state index in [1.165, 1.54) is 0 Å². The molecule has 1 amide bonds. The second-order valence-corrected chi connectivity index (χ2v) is 6.91. The average Bonchev–Trinajstić information content (AvgIpc) is 2.72. The zero-order chi connectivity index (χ0) is 19.2. The molecule has 0 aromatic heterocycles. The van der Waals surface area contributed by atoms with Gasteiger partial charge in [0, 0.05) is 24.6 Å². The molecule has 5 nitrogen and oxygen atoms in total. The van der Waals surface area contributed by atoms with Crippen molar-refractivity contribution in [2.45, 2.75) is 19.8 Å². The predicted octanol–water partition coefficient (Wildman–Crippen LogP) is 3.94. The zero-order valence-corrected chi connectivity index (χ0v) is 16.2. The molecule has 0 spiro atoms. The van der Waals surface area contributed by atoms with Crippen LogP contribution in [0.3, 0.4) is 0 Å². The first kappa shape index (κ1) is 19.1. The summed E-state index contributed by atoms with van der Waals surface area (Å²) in [6, 6.07) is 13.3. The van der Waals surface area contributed by atoms with Gasteiger partial charge in [-0.05, 0) is 49.6 Å². The van der Waals surface area contributed by atoms with Crippen molar-refractivity contribution in [1.29, 1.82) is 0 Å². The van der Waals surface area contributed by atoms with Gasteiger partial charge >= 0.3 is 0 Å². The van der Waals surface area contributed by atoms with Gasteiger partial charge in [-0.2, -0.15) is 0 Å². The molecule has 1 aliphatic heterocycles. The van der Waals surface area contributed by atoms with Crippen molar-refractivity contribution in [1.82, 2.24) is 4.90 Å². The van der Waals surface area contributed by atoms with Gasteiger partial charge in [-0.15, -0.1) is 0 Å². The van der Waals surface area contributed by atoms with Crippen LogP contribution in [0.2, 0.25) is 0 Å². The van der Waals surface area contributed by atoms with Crippen molar-refractivity contribution in [3.63, 3.8) is 0 Å². The van der Waals surface area contributed by atoms with E-state index in [0.717, 1.165) is 30.7 Å². The van der Waals surface area contributed by atoms with Crippen LogP contribution in [0.5, 0.6) is 17.2 Å². The van der Waals surface area contributed by atoms with Gasteiger partial charge in [0.25, 0.3) is 5.91 Å². The summed E-state index contributed by atoms with van der Waals surface area (Å²) < 4.78 is 16.6. The van der Waals surface area contributed by atoms with Gasteiger partial charge in [-0.25, -0.2) is 0 Å². The summed E-state index contributed by atoms with van der Waals surface area (Å²) in [4.78, 5) is 14.8. The molecule has 1 fully saturated rings. The van der Waals surface area contributed by atoms with Crippen molar-refractivity contribution in [3.8, 4) is 17.2 Å². The van der Waals surface area contributed by atoms with E-state index >= 15 is 0 Å². The van der Waals surface area contributed by atoms with E-state index in [4.69, 9.17) is 14.2 Å². The van der Waals surface area contributed by atoms with Gasteiger partial charge < -0.3 is 19.1 Å². The molecule has 0 aliphatic carbocycles. The van der Waals surface area contributed by atoms with Crippen molar-refractivity contribution < 1.29 is 19.0 Å². The minimum Gasteiger partial charge on any atom is -0.493 e. The average molecular weight is 369 g/mol. The maximum atomic E-state index is 12.9. The first-order valence-electron chi connectivity index (χ1n) is 9.32. The first-order chi connectivity index (χ1) is 13.1. The third-order valence-electron chi connectivity index (χ3n) is 5.00. The molecule has 1 saturated heterocycles. The number of methoxy groups -OCH3 is 2. The number of hydrogen-bond donors (Lipinski definition) is 0. The van der Waals surface area contributed by atoms with Crippen molar-refractivity contribution in [3.05, 3.63) is 53.6 Å². The number of aryl methyl sites for hydroxylation is 1. The Balaban J connectivity index is 1.63. The summed E-state index contributed by atoms with van der Waals surface area (Å²) in [6.45, 7) is 4.15. The van der Waals surface area contributed by atoms with Gasteiger partial charge in [-0.1, -0.05) is 18.2 Å². The van der Waals surface area contributed by atoms with E-state index in [2.05, 4.69) is 0 Å². The van der Waals surface area contributed by atoms with E-state index < -0.39 is 0 Å². The zero-order valence-electron chi connectivity index (χ0n) is 16.2. The second-order valence-electron chi connectivity index (χ2n) is 6.91.